The highest BCUT2D eigenvalue weighted by Gasteiger charge is 2.35. The maximum absolute atomic E-state index is 11.6. The van der Waals surface area contributed by atoms with Crippen LogP contribution in [0.3, 0.4) is 0 Å². The smallest absolute Gasteiger partial charge is 0.321 e. The number of phenols is 1. The van der Waals surface area contributed by atoms with E-state index in [1.165, 1.54) is 7.11 Å². The molecule has 0 aliphatic carbocycles. The molecular formula is C19H18N2O4. The van der Waals surface area contributed by atoms with E-state index in [4.69, 9.17) is 4.74 Å². The van der Waals surface area contributed by atoms with E-state index in [2.05, 4.69) is 10.3 Å². The molecule has 128 valence electrons. The van der Waals surface area contributed by atoms with Crippen molar-refractivity contribution in [3.8, 4) is 11.5 Å². The third kappa shape index (κ3) is 2.42. The second kappa shape index (κ2) is 5.82. The molecule has 0 amide bonds. The molecule has 6 nitrogen and oxygen atoms in total. The Bertz CT molecular complexity index is 963. The summed E-state index contributed by atoms with van der Waals surface area (Å²) >= 11 is 0. The van der Waals surface area contributed by atoms with E-state index >= 15 is 0 Å². The molecule has 2 heterocycles. The van der Waals surface area contributed by atoms with Crippen LogP contribution in [0.2, 0.25) is 0 Å². The molecule has 25 heavy (non-hydrogen) atoms. The average Bonchev–Trinajstić information content (AvgIpc) is 3.00. The Kier molecular flexibility index (Phi) is 3.62. The lowest BCUT2D eigenvalue weighted by atomic mass is 9.90. The predicted molar refractivity (Wildman–Crippen MR) is 93.1 cm³/mol. The van der Waals surface area contributed by atoms with Gasteiger partial charge in [0.05, 0.1) is 13.2 Å². The summed E-state index contributed by atoms with van der Waals surface area (Å²) in [5.74, 6) is -0.545. The van der Waals surface area contributed by atoms with Crippen molar-refractivity contribution in [1.82, 2.24) is 10.3 Å². The van der Waals surface area contributed by atoms with Crippen molar-refractivity contribution in [2.75, 3.05) is 7.11 Å². The fourth-order valence-corrected chi connectivity index (χ4v) is 3.58. The van der Waals surface area contributed by atoms with E-state index in [9.17, 15) is 15.0 Å². The number of methoxy groups -OCH3 is 1. The van der Waals surface area contributed by atoms with E-state index in [-0.39, 0.29) is 5.75 Å². The number of nitrogens with one attached hydrogen (secondary N) is 2. The molecule has 2 atom stereocenters. The van der Waals surface area contributed by atoms with Gasteiger partial charge in [-0.2, -0.15) is 0 Å². The van der Waals surface area contributed by atoms with Gasteiger partial charge in [0.1, 0.15) is 6.04 Å². The number of carbonyl (C=O) groups is 1. The van der Waals surface area contributed by atoms with Gasteiger partial charge in [-0.05, 0) is 17.7 Å². The maximum atomic E-state index is 11.6. The Labute approximate surface area is 144 Å². The van der Waals surface area contributed by atoms with Crippen molar-refractivity contribution in [2.45, 2.75) is 18.5 Å². The molecule has 1 aliphatic rings. The molecule has 3 aromatic rings. The summed E-state index contributed by atoms with van der Waals surface area (Å²) in [6.45, 7) is 0. The third-order valence-corrected chi connectivity index (χ3v) is 4.77. The molecule has 0 radical (unpaired) electrons. The Balaban J connectivity index is 1.92. The Hall–Kier alpha value is -2.99. The first kappa shape index (κ1) is 15.5. The van der Waals surface area contributed by atoms with Gasteiger partial charge in [0.25, 0.3) is 0 Å². The topological polar surface area (TPSA) is 94.6 Å². The molecule has 0 bridgehead atoms. The number of para-hydroxylation sites is 2. The van der Waals surface area contributed by atoms with Gasteiger partial charge < -0.3 is 19.9 Å². The third-order valence-electron chi connectivity index (χ3n) is 4.77. The second-order valence-electron chi connectivity index (χ2n) is 6.16. The zero-order chi connectivity index (χ0) is 17.6. The van der Waals surface area contributed by atoms with Gasteiger partial charge in [0, 0.05) is 28.6 Å². The quantitative estimate of drug-likeness (QED) is 0.589. The minimum Gasteiger partial charge on any atom is -0.504 e. The van der Waals surface area contributed by atoms with Crippen molar-refractivity contribution < 1.29 is 19.7 Å². The van der Waals surface area contributed by atoms with Gasteiger partial charge in [0.15, 0.2) is 11.5 Å². The number of aliphatic carboxylic acids is 1. The lowest BCUT2D eigenvalue weighted by Gasteiger charge is -2.30. The summed E-state index contributed by atoms with van der Waals surface area (Å²) in [6.07, 6.45) is 0.385. The van der Waals surface area contributed by atoms with Gasteiger partial charge in [-0.25, -0.2) is 0 Å². The average molecular weight is 338 g/mol. The van der Waals surface area contributed by atoms with E-state index in [1.54, 1.807) is 18.2 Å². The summed E-state index contributed by atoms with van der Waals surface area (Å²) in [4.78, 5) is 15.0. The Morgan fingerprint density at radius 1 is 1.20 bits per heavy atom. The second-order valence-corrected chi connectivity index (χ2v) is 6.16. The number of carboxylic acid groups (broad SMARTS) is 1. The number of aromatic nitrogens is 1. The summed E-state index contributed by atoms with van der Waals surface area (Å²) in [5.41, 5.74) is 3.38. The maximum Gasteiger partial charge on any atom is 0.321 e. The van der Waals surface area contributed by atoms with Crippen LogP contribution in [0.15, 0.2) is 42.5 Å². The number of aromatic amines is 1. The molecule has 4 rings (SSSR count). The molecule has 4 N–H and O–H groups in total. The molecule has 0 fully saturated rings. The van der Waals surface area contributed by atoms with Crippen molar-refractivity contribution in [1.29, 1.82) is 0 Å². The minimum atomic E-state index is -0.914. The number of carboxylic acids is 1. The summed E-state index contributed by atoms with van der Waals surface area (Å²) in [7, 11) is 1.49. The SMILES string of the molecule is COc1cccc([C@@H]2N[C@H](C(=O)O)Cc3c2[nH]c2ccccc32)c1O. The number of H-pyrrole nitrogens is 1. The molecule has 1 aliphatic heterocycles. The zero-order valence-electron chi connectivity index (χ0n) is 13.6. The highest BCUT2D eigenvalue weighted by molar-refractivity contribution is 5.87. The lowest BCUT2D eigenvalue weighted by molar-refractivity contribution is -0.139. The molecule has 0 saturated carbocycles. The first-order chi connectivity index (χ1) is 12.1. The van der Waals surface area contributed by atoms with Crippen LogP contribution in [-0.2, 0) is 11.2 Å². The van der Waals surface area contributed by atoms with Gasteiger partial charge in [0.2, 0.25) is 0 Å². The molecule has 0 unspecified atom stereocenters. The number of ether oxygens (including phenoxy) is 1. The van der Waals surface area contributed by atoms with Crippen LogP contribution in [-0.4, -0.2) is 34.3 Å². The molecule has 6 heteroatoms. The molecular weight excluding hydrogens is 320 g/mol. The largest absolute Gasteiger partial charge is 0.504 e. The fraction of sp³-hybridized carbons (Fsp3) is 0.211. The number of benzene rings is 2. The number of hydrogen-bond donors (Lipinski definition) is 4. The lowest BCUT2D eigenvalue weighted by Crippen LogP contribution is -2.45. The van der Waals surface area contributed by atoms with Crippen molar-refractivity contribution in [3.63, 3.8) is 0 Å². The monoisotopic (exact) mass is 338 g/mol. The standard InChI is InChI=1S/C19H18N2O4/c1-25-15-8-4-6-11(18(15)22)16-17-12(9-14(21-16)19(23)24)10-5-2-3-7-13(10)20-17/h2-8,14,16,20-22H,9H2,1H3,(H,23,24)/t14-,16-/m0/s1. The fourth-order valence-electron chi connectivity index (χ4n) is 3.58. The molecule has 2 aromatic carbocycles. The van der Waals surface area contributed by atoms with Crippen LogP contribution >= 0.6 is 0 Å². The number of phenolic OH excluding ortho intramolecular Hbond substituents is 1. The number of rotatable bonds is 3. The van der Waals surface area contributed by atoms with Crippen LogP contribution in [0.25, 0.3) is 10.9 Å². The molecule has 1 aromatic heterocycles. The van der Waals surface area contributed by atoms with Gasteiger partial charge >= 0.3 is 5.97 Å². The van der Waals surface area contributed by atoms with Gasteiger partial charge in [-0.15, -0.1) is 0 Å². The van der Waals surface area contributed by atoms with E-state index in [0.29, 0.717) is 17.7 Å². The van der Waals surface area contributed by atoms with Gasteiger partial charge in [-0.1, -0.05) is 30.3 Å². The van der Waals surface area contributed by atoms with Crippen LogP contribution < -0.4 is 10.1 Å². The Morgan fingerprint density at radius 2 is 2.00 bits per heavy atom. The van der Waals surface area contributed by atoms with Crippen LogP contribution in [0.5, 0.6) is 11.5 Å². The predicted octanol–water partition coefficient (Wildman–Crippen LogP) is 2.57. The highest BCUT2D eigenvalue weighted by Crippen LogP contribution is 2.41. The number of hydrogen-bond acceptors (Lipinski definition) is 4. The van der Waals surface area contributed by atoms with Crippen LogP contribution in [0, 0.1) is 0 Å². The summed E-state index contributed by atoms with van der Waals surface area (Å²) in [5, 5.41) is 24.2. The highest BCUT2D eigenvalue weighted by atomic mass is 16.5. The minimum absolute atomic E-state index is 0.0122. The summed E-state index contributed by atoms with van der Waals surface area (Å²) in [6, 6.07) is 11.8. The van der Waals surface area contributed by atoms with Crippen LogP contribution in [0.1, 0.15) is 22.9 Å². The van der Waals surface area contributed by atoms with Crippen molar-refractivity contribution in [2.24, 2.45) is 0 Å². The van der Waals surface area contributed by atoms with Crippen LogP contribution in [0.4, 0.5) is 0 Å². The van der Waals surface area contributed by atoms with E-state index in [1.807, 2.05) is 24.3 Å². The Morgan fingerprint density at radius 3 is 2.76 bits per heavy atom. The zero-order valence-corrected chi connectivity index (χ0v) is 13.6. The summed E-state index contributed by atoms with van der Waals surface area (Å²) < 4.78 is 5.19. The van der Waals surface area contributed by atoms with Crippen molar-refractivity contribution >= 4 is 16.9 Å². The van der Waals surface area contributed by atoms with Gasteiger partial charge in [-0.3, -0.25) is 10.1 Å². The number of fused-ring (bicyclic) bond motifs is 3. The number of aromatic hydroxyl groups is 1. The molecule has 0 spiro atoms. The van der Waals surface area contributed by atoms with E-state index < -0.39 is 18.1 Å². The molecule has 0 saturated heterocycles. The first-order valence-electron chi connectivity index (χ1n) is 8.04. The first-order valence-corrected chi connectivity index (χ1v) is 8.04. The normalized spacial score (nSPS) is 19.6. The van der Waals surface area contributed by atoms with E-state index in [0.717, 1.165) is 22.2 Å². The van der Waals surface area contributed by atoms with Crippen molar-refractivity contribution in [3.05, 3.63) is 59.3 Å².